The topological polar surface area (TPSA) is 94.5 Å². The quantitative estimate of drug-likeness (QED) is 0.428. The number of anilines is 1. The lowest BCUT2D eigenvalue weighted by atomic mass is 10.1. The molecule has 1 N–H and O–H groups in total. The fraction of sp³-hybridized carbons (Fsp3) is 0.217. The summed E-state index contributed by atoms with van der Waals surface area (Å²) in [7, 11) is -2.26. The van der Waals surface area contributed by atoms with E-state index in [9.17, 15) is 22.4 Å². The van der Waals surface area contributed by atoms with Gasteiger partial charge in [-0.1, -0.05) is 12.1 Å². The zero-order chi connectivity index (χ0) is 23.6. The molecule has 3 aromatic rings. The molecule has 0 spiro atoms. The molecule has 168 valence electrons. The summed E-state index contributed by atoms with van der Waals surface area (Å²) in [6.45, 7) is 4.64. The number of Topliss-reactive ketones (excluding diaryl/α,β-unsaturated/α-hetero) is 1. The van der Waals surface area contributed by atoms with E-state index in [4.69, 9.17) is 4.74 Å². The molecular formula is C23H23FN2O5S. The standard InChI is InChI=1S/C23H23FN2O5S/c1-14-11-17(24)9-10-22(14)32(29,30)25-20-8-6-5-7-18(20)23(28)31-13-21(27)19-12-15(2)26(4)16(19)3/h5-12,25H,13H2,1-4H3. The fourth-order valence-electron chi connectivity index (χ4n) is 3.29. The first-order valence-corrected chi connectivity index (χ1v) is 11.2. The molecule has 1 aromatic heterocycles. The van der Waals surface area contributed by atoms with Crippen LogP contribution in [0.1, 0.15) is 37.7 Å². The van der Waals surface area contributed by atoms with Gasteiger partial charge in [-0.15, -0.1) is 0 Å². The second-order valence-corrected chi connectivity index (χ2v) is 9.05. The fourth-order valence-corrected chi connectivity index (χ4v) is 4.60. The summed E-state index contributed by atoms with van der Waals surface area (Å²) in [5.74, 6) is -1.77. The van der Waals surface area contributed by atoms with Crippen LogP contribution in [-0.4, -0.2) is 31.3 Å². The van der Waals surface area contributed by atoms with Crippen molar-refractivity contribution in [3.05, 3.63) is 82.4 Å². The molecule has 2 aromatic carbocycles. The summed E-state index contributed by atoms with van der Waals surface area (Å²) in [5, 5.41) is 0. The second kappa shape index (κ2) is 8.96. The Morgan fingerprint density at radius 2 is 1.72 bits per heavy atom. The summed E-state index contributed by atoms with van der Waals surface area (Å²) in [6, 6.07) is 10.9. The SMILES string of the molecule is Cc1cc(F)ccc1S(=O)(=O)Nc1ccccc1C(=O)OCC(=O)c1cc(C)n(C)c1C. The number of aryl methyl sites for hydroxylation is 2. The first-order chi connectivity index (χ1) is 15.0. The van der Waals surface area contributed by atoms with Crippen LogP contribution in [0.25, 0.3) is 0 Å². The normalized spacial score (nSPS) is 11.3. The highest BCUT2D eigenvalue weighted by molar-refractivity contribution is 7.92. The highest BCUT2D eigenvalue weighted by Crippen LogP contribution is 2.23. The van der Waals surface area contributed by atoms with Gasteiger partial charge in [-0.25, -0.2) is 17.6 Å². The van der Waals surface area contributed by atoms with Crippen LogP contribution in [0.3, 0.4) is 0 Å². The minimum absolute atomic E-state index is 0.0135. The lowest BCUT2D eigenvalue weighted by Crippen LogP contribution is -2.19. The molecule has 9 heteroatoms. The number of hydrogen-bond acceptors (Lipinski definition) is 5. The van der Waals surface area contributed by atoms with E-state index in [0.717, 1.165) is 29.6 Å². The van der Waals surface area contributed by atoms with Crippen LogP contribution >= 0.6 is 0 Å². The predicted octanol–water partition coefficient (Wildman–Crippen LogP) is 3.93. The molecule has 1 heterocycles. The van der Waals surface area contributed by atoms with E-state index in [0.29, 0.717) is 5.56 Å². The van der Waals surface area contributed by atoms with E-state index in [1.54, 1.807) is 25.1 Å². The number of halogens is 1. The van der Waals surface area contributed by atoms with Gasteiger partial charge in [0.1, 0.15) is 5.82 Å². The van der Waals surface area contributed by atoms with Crippen molar-refractivity contribution >= 4 is 27.5 Å². The second-order valence-electron chi connectivity index (χ2n) is 7.40. The molecular weight excluding hydrogens is 435 g/mol. The molecule has 0 atom stereocenters. The van der Waals surface area contributed by atoms with Crippen LogP contribution in [-0.2, 0) is 21.8 Å². The molecule has 0 saturated heterocycles. The third-order valence-corrected chi connectivity index (χ3v) is 6.75. The number of benzene rings is 2. The number of rotatable bonds is 7. The van der Waals surface area contributed by atoms with Crippen molar-refractivity contribution in [3.63, 3.8) is 0 Å². The summed E-state index contributed by atoms with van der Waals surface area (Å²) in [4.78, 5) is 25.0. The van der Waals surface area contributed by atoms with Crippen molar-refractivity contribution in [1.29, 1.82) is 0 Å². The number of carbonyl (C=O) groups excluding carboxylic acids is 2. The van der Waals surface area contributed by atoms with Crippen LogP contribution in [0.15, 0.2) is 53.4 Å². The molecule has 0 fully saturated rings. The average molecular weight is 459 g/mol. The van der Waals surface area contributed by atoms with Gasteiger partial charge in [-0.3, -0.25) is 9.52 Å². The first-order valence-electron chi connectivity index (χ1n) is 9.72. The number of hydrogen-bond donors (Lipinski definition) is 1. The van der Waals surface area contributed by atoms with Gasteiger partial charge in [0.25, 0.3) is 10.0 Å². The maximum Gasteiger partial charge on any atom is 0.340 e. The number of esters is 1. The molecule has 0 bridgehead atoms. The number of carbonyl (C=O) groups is 2. The van der Waals surface area contributed by atoms with Crippen molar-refractivity contribution < 1.29 is 27.1 Å². The Morgan fingerprint density at radius 1 is 1.03 bits per heavy atom. The minimum atomic E-state index is -4.09. The Labute approximate surface area is 185 Å². The number of aromatic nitrogens is 1. The first kappa shape index (κ1) is 23.2. The Kier molecular flexibility index (Phi) is 6.50. The molecule has 3 rings (SSSR count). The van der Waals surface area contributed by atoms with E-state index in [-0.39, 0.29) is 27.5 Å². The van der Waals surface area contributed by atoms with Crippen molar-refractivity contribution in [2.75, 3.05) is 11.3 Å². The number of ketones is 1. The van der Waals surface area contributed by atoms with Crippen LogP contribution in [0.4, 0.5) is 10.1 Å². The van der Waals surface area contributed by atoms with Crippen LogP contribution in [0.5, 0.6) is 0 Å². The third kappa shape index (κ3) is 4.72. The molecule has 7 nitrogen and oxygen atoms in total. The average Bonchev–Trinajstić information content (AvgIpc) is 2.99. The molecule has 0 radical (unpaired) electrons. The van der Waals surface area contributed by atoms with Crippen LogP contribution < -0.4 is 4.72 Å². The molecule has 32 heavy (non-hydrogen) atoms. The van der Waals surface area contributed by atoms with Gasteiger partial charge in [-0.2, -0.15) is 0 Å². The third-order valence-electron chi connectivity index (χ3n) is 5.23. The van der Waals surface area contributed by atoms with Crippen molar-refractivity contribution in [3.8, 4) is 0 Å². The molecule has 0 amide bonds. The summed E-state index contributed by atoms with van der Waals surface area (Å²) < 4.78 is 48.3. The van der Waals surface area contributed by atoms with Crippen molar-refractivity contribution in [1.82, 2.24) is 4.57 Å². The van der Waals surface area contributed by atoms with Gasteiger partial charge in [-0.05, 0) is 62.7 Å². The maximum absolute atomic E-state index is 13.3. The van der Waals surface area contributed by atoms with Gasteiger partial charge in [0.15, 0.2) is 6.61 Å². The summed E-state index contributed by atoms with van der Waals surface area (Å²) in [6.07, 6.45) is 0. The zero-order valence-electron chi connectivity index (χ0n) is 18.1. The van der Waals surface area contributed by atoms with Gasteiger partial charge < -0.3 is 9.30 Å². The molecule has 0 aliphatic carbocycles. The number of para-hydroxylation sites is 1. The highest BCUT2D eigenvalue weighted by Gasteiger charge is 2.22. The summed E-state index contributed by atoms with van der Waals surface area (Å²) >= 11 is 0. The van der Waals surface area contributed by atoms with E-state index in [1.165, 1.54) is 19.1 Å². The van der Waals surface area contributed by atoms with Gasteiger partial charge in [0, 0.05) is 24.0 Å². The molecule has 0 aliphatic rings. The lowest BCUT2D eigenvalue weighted by Gasteiger charge is -2.13. The zero-order valence-corrected chi connectivity index (χ0v) is 18.9. The number of ether oxygens (including phenoxy) is 1. The Morgan fingerprint density at radius 3 is 2.34 bits per heavy atom. The van der Waals surface area contributed by atoms with E-state index >= 15 is 0 Å². The predicted molar refractivity (Wildman–Crippen MR) is 118 cm³/mol. The minimum Gasteiger partial charge on any atom is -0.454 e. The van der Waals surface area contributed by atoms with Crippen LogP contribution in [0.2, 0.25) is 0 Å². The van der Waals surface area contributed by atoms with Gasteiger partial charge in [0.2, 0.25) is 5.78 Å². The van der Waals surface area contributed by atoms with Crippen LogP contribution in [0, 0.1) is 26.6 Å². The monoisotopic (exact) mass is 458 g/mol. The number of nitrogens with one attached hydrogen (secondary N) is 1. The Balaban J connectivity index is 1.79. The smallest absolute Gasteiger partial charge is 0.340 e. The molecule has 0 saturated carbocycles. The van der Waals surface area contributed by atoms with E-state index in [2.05, 4.69) is 4.72 Å². The Bertz CT molecular complexity index is 1310. The van der Waals surface area contributed by atoms with Gasteiger partial charge >= 0.3 is 5.97 Å². The lowest BCUT2D eigenvalue weighted by molar-refractivity contribution is 0.0475. The number of sulfonamides is 1. The molecule has 0 unspecified atom stereocenters. The molecule has 0 aliphatic heterocycles. The highest BCUT2D eigenvalue weighted by atomic mass is 32.2. The van der Waals surface area contributed by atoms with Gasteiger partial charge in [0.05, 0.1) is 16.1 Å². The van der Waals surface area contributed by atoms with Crippen molar-refractivity contribution in [2.24, 2.45) is 7.05 Å². The van der Waals surface area contributed by atoms with E-state index < -0.39 is 28.4 Å². The van der Waals surface area contributed by atoms with Crippen molar-refractivity contribution in [2.45, 2.75) is 25.7 Å². The number of nitrogens with zero attached hydrogens (tertiary/aromatic N) is 1. The van der Waals surface area contributed by atoms with E-state index in [1.807, 2.05) is 18.5 Å². The summed E-state index contributed by atoms with van der Waals surface area (Å²) in [5.41, 5.74) is 2.26. The largest absolute Gasteiger partial charge is 0.454 e. The maximum atomic E-state index is 13.3. The Hall–Kier alpha value is -3.46.